The largest absolute Gasteiger partial charge is 0.338 e. The number of anilines is 1. The first-order valence-electron chi connectivity index (χ1n) is 8.27. The first-order valence-corrected chi connectivity index (χ1v) is 10.1. The second kappa shape index (κ2) is 6.55. The molecule has 7 heteroatoms. The summed E-state index contributed by atoms with van der Waals surface area (Å²) in [5.41, 5.74) is 0.819. The summed E-state index contributed by atoms with van der Waals surface area (Å²) in [6.45, 7) is 2.76. The summed E-state index contributed by atoms with van der Waals surface area (Å²) in [5, 5.41) is 0. The van der Waals surface area contributed by atoms with Gasteiger partial charge in [0.15, 0.2) is 9.84 Å². The Kier molecular flexibility index (Phi) is 4.62. The Bertz CT molecular complexity index is 732. The molecule has 0 saturated carbocycles. The number of carbonyl (C=O) groups is 2. The summed E-state index contributed by atoms with van der Waals surface area (Å²) in [5.74, 6) is -0.429. The molecule has 1 aromatic rings. The van der Waals surface area contributed by atoms with Crippen molar-refractivity contribution in [1.82, 2.24) is 4.90 Å². The minimum atomic E-state index is -3.05. The van der Waals surface area contributed by atoms with Crippen LogP contribution in [0.2, 0.25) is 0 Å². The van der Waals surface area contributed by atoms with Gasteiger partial charge in [-0.3, -0.25) is 9.59 Å². The number of benzene rings is 1. The molecular weight excluding hydrogens is 328 g/mol. The fourth-order valence-corrected chi connectivity index (χ4v) is 5.30. The lowest BCUT2D eigenvalue weighted by Crippen LogP contribution is -2.40. The van der Waals surface area contributed by atoms with Crippen molar-refractivity contribution < 1.29 is 18.0 Å². The second-order valence-electron chi connectivity index (χ2n) is 6.42. The molecule has 2 unspecified atom stereocenters. The van der Waals surface area contributed by atoms with Gasteiger partial charge in [0, 0.05) is 31.2 Å². The van der Waals surface area contributed by atoms with E-state index in [2.05, 4.69) is 0 Å². The molecule has 24 heavy (non-hydrogen) atoms. The topological polar surface area (TPSA) is 74.8 Å². The summed E-state index contributed by atoms with van der Waals surface area (Å²) in [6, 6.07) is 9.12. The third-order valence-electron chi connectivity index (χ3n) is 4.81. The summed E-state index contributed by atoms with van der Waals surface area (Å²) < 4.78 is 23.3. The van der Waals surface area contributed by atoms with Crippen LogP contribution < -0.4 is 4.90 Å². The predicted molar refractivity (Wildman–Crippen MR) is 91.3 cm³/mol. The van der Waals surface area contributed by atoms with Gasteiger partial charge in [0.05, 0.1) is 17.4 Å². The molecule has 0 aromatic heterocycles. The Morgan fingerprint density at radius 2 is 2.00 bits per heavy atom. The van der Waals surface area contributed by atoms with E-state index in [0.29, 0.717) is 19.5 Å². The highest BCUT2D eigenvalue weighted by atomic mass is 32.2. The van der Waals surface area contributed by atoms with Gasteiger partial charge >= 0.3 is 0 Å². The molecule has 0 N–H and O–H groups in total. The number of nitrogens with zero attached hydrogens (tertiary/aromatic N) is 2. The smallest absolute Gasteiger partial charge is 0.232 e. The molecule has 2 heterocycles. The number of para-hydroxylation sites is 1. The highest BCUT2D eigenvalue weighted by molar-refractivity contribution is 7.91. The van der Waals surface area contributed by atoms with E-state index in [0.717, 1.165) is 5.69 Å². The van der Waals surface area contributed by atoms with Crippen LogP contribution >= 0.6 is 0 Å². The number of sulfone groups is 1. The van der Waals surface area contributed by atoms with Crippen LogP contribution in [0.4, 0.5) is 5.69 Å². The van der Waals surface area contributed by atoms with E-state index in [1.165, 1.54) is 0 Å². The number of rotatable bonds is 4. The number of hydrogen-bond acceptors (Lipinski definition) is 4. The number of likely N-dealkylation sites (tertiary alicyclic amines) is 1. The first-order chi connectivity index (χ1) is 11.4. The molecule has 2 amide bonds. The molecule has 3 rings (SSSR count). The number of hydrogen-bond donors (Lipinski definition) is 0. The van der Waals surface area contributed by atoms with Crippen molar-refractivity contribution in [3.05, 3.63) is 30.3 Å². The molecule has 0 spiro atoms. The molecule has 6 nitrogen and oxygen atoms in total. The molecule has 2 aliphatic heterocycles. The Morgan fingerprint density at radius 1 is 1.29 bits per heavy atom. The minimum Gasteiger partial charge on any atom is -0.338 e. The van der Waals surface area contributed by atoms with Gasteiger partial charge in [-0.2, -0.15) is 0 Å². The predicted octanol–water partition coefficient (Wildman–Crippen LogP) is 1.08. The monoisotopic (exact) mass is 350 g/mol. The van der Waals surface area contributed by atoms with Crippen molar-refractivity contribution in [1.29, 1.82) is 0 Å². The maximum absolute atomic E-state index is 12.8. The summed E-state index contributed by atoms with van der Waals surface area (Å²) >= 11 is 0. The number of carbonyl (C=O) groups excluding carboxylic acids is 2. The van der Waals surface area contributed by atoms with Gasteiger partial charge in [-0.15, -0.1) is 0 Å². The zero-order valence-electron chi connectivity index (χ0n) is 13.7. The lowest BCUT2D eigenvalue weighted by molar-refractivity contribution is -0.129. The van der Waals surface area contributed by atoms with E-state index in [4.69, 9.17) is 0 Å². The maximum atomic E-state index is 12.8. The van der Waals surface area contributed by atoms with Crippen LogP contribution in [-0.2, 0) is 19.4 Å². The van der Waals surface area contributed by atoms with Gasteiger partial charge in [-0.1, -0.05) is 18.2 Å². The Morgan fingerprint density at radius 3 is 2.58 bits per heavy atom. The highest BCUT2D eigenvalue weighted by Gasteiger charge is 2.42. The van der Waals surface area contributed by atoms with Crippen LogP contribution in [-0.4, -0.2) is 55.8 Å². The molecule has 2 atom stereocenters. The normalized spacial score (nSPS) is 25.9. The zero-order valence-corrected chi connectivity index (χ0v) is 14.5. The molecule has 0 bridgehead atoms. The van der Waals surface area contributed by atoms with Crippen molar-refractivity contribution in [2.24, 2.45) is 5.92 Å². The van der Waals surface area contributed by atoms with Crippen LogP contribution in [0.1, 0.15) is 19.8 Å². The molecule has 2 aliphatic rings. The van der Waals surface area contributed by atoms with E-state index in [-0.39, 0.29) is 35.8 Å². The SMILES string of the molecule is CCN(C(=O)C1CC(=O)N(C2CCS(=O)(=O)C2)C1)c1ccccc1. The highest BCUT2D eigenvalue weighted by Crippen LogP contribution is 2.28. The quantitative estimate of drug-likeness (QED) is 0.814. The average molecular weight is 350 g/mol. The average Bonchev–Trinajstić information content (AvgIpc) is 3.11. The van der Waals surface area contributed by atoms with Gasteiger partial charge in [0.1, 0.15) is 0 Å². The van der Waals surface area contributed by atoms with E-state index in [9.17, 15) is 18.0 Å². The molecule has 2 fully saturated rings. The van der Waals surface area contributed by atoms with Crippen molar-refractivity contribution in [3.63, 3.8) is 0 Å². The van der Waals surface area contributed by atoms with E-state index >= 15 is 0 Å². The Hall–Kier alpha value is -1.89. The minimum absolute atomic E-state index is 0.0236. The van der Waals surface area contributed by atoms with E-state index < -0.39 is 15.8 Å². The van der Waals surface area contributed by atoms with Crippen molar-refractivity contribution in [2.75, 3.05) is 29.5 Å². The molecule has 130 valence electrons. The van der Waals surface area contributed by atoms with Crippen LogP contribution in [0.5, 0.6) is 0 Å². The molecule has 1 aromatic carbocycles. The van der Waals surface area contributed by atoms with Crippen molar-refractivity contribution in [2.45, 2.75) is 25.8 Å². The fraction of sp³-hybridized carbons (Fsp3) is 0.529. The zero-order chi connectivity index (χ0) is 17.3. The maximum Gasteiger partial charge on any atom is 0.232 e. The van der Waals surface area contributed by atoms with Crippen LogP contribution in [0.3, 0.4) is 0 Å². The van der Waals surface area contributed by atoms with Gasteiger partial charge < -0.3 is 9.80 Å². The summed E-state index contributed by atoms with van der Waals surface area (Å²) in [6.07, 6.45) is 0.643. The van der Waals surface area contributed by atoms with E-state index in [1.54, 1.807) is 9.80 Å². The Labute approximate surface area is 142 Å². The first kappa shape index (κ1) is 17.0. The third-order valence-corrected chi connectivity index (χ3v) is 6.56. The Balaban J connectivity index is 1.72. The summed E-state index contributed by atoms with van der Waals surface area (Å²) in [7, 11) is -3.05. The lowest BCUT2D eigenvalue weighted by atomic mass is 10.1. The second-order valence-corrected chi connectivity index (χ2v) is 8.65. The van der Waals surface area contributed by atoms with Crippen molar-refractivity contribution >= 4 is 27.3 Å². The number of amides is 2. The van der Waals surface area contributed by atoms with Gasteiger partial charge in [-0.25, -0.2) is 8.42 Å². The van der Waals surface area contributed by atoms with E-state index in [1.807, 2.05) is 37.3 Å². The standard InChI is InChI=1S/C17H22N2O4S/c1-2-18(14-6-4-3-5-7-14)17(21)13-10-16(20)19(11-13)15-8-9-24(22,23)12-15/h3-7,13,15H,2,8-12H2,1H3. The molecular formula is C17H22N2O4S. The van der Waals surface area contributed by atoms with Crippen LogP contribution in [0, 0.1) is 5.92 Å². The lowest BCUT2D eigenvalue weighted by Gasteiger charge is -2.26. The third kappa shape index (κ3) is 3.31. The van der Waals surface area contributed by atoms with Crippen LogP contribution in [0.15, 0.2) is 30.3 Å². The fourth-order valence-electron chi connectivity index (χ4n) is 3.57. The van der Waals surface area contributed by atoms with Gasteiger partial charge in [0.25, 0.3) is 0 Å². The summed E-state index contributed by atoms with van der Waals surface area (Å²) in [4.78, 5) is 28.4. The molecule has 0 aliphatic carbocycles. The van der Waals surface area contributed by atoms with Gasteiger partial charge in [0.2, 0.25) is 11.8 Å². The van der Waals surface area contributed by atoms with Crippen LogP contribution in [0.25, 0.3) is 0 Å². The molecule has 0 radical (unpaired) electrons. The van der Waals surface area contributed by atoms with Crippen molar-refractivity contribution in [3.8, 4) is 0 Å². The van der Waals surface area contributed by atoms with Gasteiger partial charge in [-0.05, 0) is 25.5 Å². The molecule has 2 saturated heterocycles.